The zero-order valence-electron chi connectivity index (χ0n) is 19.4. The van der Waals surface area contributed by atoms with Gasteiger partial charge in [-0.1, -0.05) is 91.0 Å². The van der Waals surface area contributed by atoms with Crippen molar-refractivity contribution in [2.45, 2.75) is 24.9 Å². The number of likely N-dealkylation sites (tertiary alicyclic amines) is 1. The first-order chi connectivity index (χ1) is 16.7. The Morgan fingerprint density at radius 3 is 1.71 bits per heavy atom. The molecule has 0 radical (unpaired) electrons. The second kappa shape index (κ2) is 10.5. The summed E-state index contributed by atoms with van der Waals surface area (Å²) in [6, 6.07) is 29.2. The number of benzene rings is 3. The third-order valence-electron chi connectivity index (χ3n) is 7.24. The van der Waals surface area contributed by atoms with E-state index in [0.717, 1.165) is 31.6 Å². The zero-order valence-corrected chi connectivity index (χ0v) is 19.4. The standard InChI is InChI=1S/C30H31NO3/c32-29(23-13-6-2-7-14-23)26-20-31(19-25-17-10-18-34-25)21-27(28(26)22-11-4-1-5-12-22)30(33)24-15-8-3-9-16-24/h1-9,11-16,25-28H,10,17-21H2. The molecule has 0 spiro atoms. The van der Waals surface area contributed by atoms with Crippen LogP contribution in [0.5, 0.6) is 0 Å². The van der Waals surface area contributed by atoms with Crippen molar-refractivity contribution in [2.75, 3.05) is 26.2 Å². The Labute approximate surface area is 201 Å². The van der Waals surface area contributed by atoms with Crippen LogP contribution in [0.3, 0.4) is 0 Å². The maximum atomic E-state index is 13.9. The van der Waals surface area contributed by atoms with Crippen molar-refractivity contribution in [3.05, 3.63) is 108 Å². The predicted octanol–water partition coefficient (Wildman–Crippen LogP) is 5.26. The number of nitrogens with zero attached hydrogens (tertiary/aromatic N) is 1. The van der Waals surface area contributed by atoms with Crippen molar-refractivity contribution in [1.82, 2.24) is 4.90 Å². The Morgan fingerprint density at radius 1 is 0.735 bits per heavy atom. The average Bonchev–Trinajstić information content (AvgIpc) is 3.42. The van der Waals surface area contributed by atoms with Gasteiger partial charge in [0.15, 0.2) is 11.6 Å². The van der Waals surface area contributed by atoms with Crippen LogP contribution in [-0.2, 0) is 4.74 Å². The molecule has 0 aromatic heterocycles. The Morgan fingerprint density at radius 2 is 1.24 bits per heavy atom. The summed E-state index contributed by atoms with van der Waals surface area (Å²) in [5, 5.41) is 0. The Balaban J connectivity index is 1.55. The van der Waals surface area contributed by atoms with Crippen LogP contribution in [0.2, 0.25) is 0 Å². The molecule has 0 saturated carbocycles. The van der Waals surface area contributed by atoms with Crippen LogP contribution < -0.4 is 0 Å². The molecule has 4 nitrogen and oxygen atoms in total. The highest BCUT2D eigenvalue weighted by molar-refractivity contribution is 6.02. The summed E-state index contributed by atoms with van der Waals surface area (Å²) >= 11 is 0. The lowest BCUT2D eigenvalue weighted by atomic mass is 9.68. The minimum Gasteiger partial charge on any atom is -0.377 e. The number of carbonyl (C=O) groups is 2. The van der Waals surface area contributed by atoms with Crippen LogP contribution in [0, 0.1) is 11.8 Å². The van der Waals surface area contributed by atoms with Crippen LogP contribution in [0.4, 0.5) is 0 Å². The summed E-state index contributed by atoms with van der Waals surface area (Å²) in [5.41, 5.74) is 2.47. The molecule has 2 aliphatic rings. The summed E-state index contributed by atoms with van der Waals surface area (Å²) in [6.45, 7) is 2.82. The lowest BCUT2D eigenvalue weighted by Crippen LogP contribution is -2.52. The maximum absolute atomic E-state index is 13.9. The average molecular weight is 454 g/mol. The molecule has 3 aromatic carbocycles. The van der Waals surface area contributed by atoms with Crippen LogP contribution in [0.15, 0.2) is 91.0 Å². The summed E-state index contributed by atoms with van der Waals surface area (Å²) in [6.07, 6.45) is 2.28. The van der Waals surface area contributed by atoms with E-state index in [1.165, 1.54) is 0 Å². The zero-order chi connectivity index (χ0) is 23.3. The Hall–Kier alpha value is -3.08. The van der Waals surface area contributed by atoms with Gasteiger partial charge in [-0.3, -0.25) is 14.5 Å². The van der Waals surface area contributed by atoms with Gasteiger partial charge in [0.05, 0.1) is 6.10 Å². The maximum Gasteiger partial charge on any atom is 0.167 e. The molecular formula is C30H31NO3. The first-order valence-electron chi connectivity index (χ1n) is 12.3. The van der Waals surface area contributed by atoms with E-state index in [4.69, 9.17) is 4.74 Å². The van der Waals surface area contributed by atoms with Crippen molar-refractivity contribution < 1.29 is 14.3 Å². The fraction of sp³-hybridized carbons (Fsp3) is 0.333. The molecule has 0 amide bonds. The molecule has 2 fully saturated rings. The normalized spacial score (nSPS) is 25.2. The molecule has 0 aliphatic carbocycles. The second-order valence-corrected chi connectivity index (χ2v) is 9.46. The van der Waals surface area contributed by atoms with Gasteiger partial charge in [-0.25, -0.2) is 0 Å². The van der Waals surface area contributed by atoms with E-state index >= 15 is 0 Å². The molecule has 2 aliphatic heterocycles. The fourth-order valence-electron chi connectivity index (χ4n) is 5.63. The van der Waals surface area contributed by atoms with Gasteiger partial charge in [-0.05, 0) is 18.4 Å². The second-order valence-electron chi connectivity index (χ2n) is 9.46. The van der Waals surface area contributed by atoms with Gasteiger partial charge < -0.3 is 4.74 Å². The summed E-state index contributed by atoms with van der Waals surface area (Å²) in [5.74, 6) is -0.577. The third-order valence-corrected chi connectivity index (χ3v) is 7.24. The van der Waals surface area contributed by atoms with Gasteiger partial charge >= 0.3 is 0 Å². The van der Waals surface area contributed by atoms with Crippen LogP contribution >= 0.6 is 0 Å². The molecule has 2 heterocycles. The fourth-order valence-corrected chi connectivity index (χ4v) is 5.63. The molecule has 5 rings (SSSR count). The van der Waals surface area contributed by atoms with Crippen LogP contribution in [0.1, 0.15) is 45.0 Å². The predicted molar refractivity (Wildman–Crippen MR) is 133 cm³/mol. The SMILES string of the molecule is O=C(c1ccccc1)C1CN(CC2CCCO2)CC(C(=O)c2ccccc2)C1c1ccccc1. The van der Waals surface area contributed by atoms with E-state index in [-0.39, 0.29) is 35.4 Å². The molecule has 3 unspecified atom stereocenters. The van der Waals surface area contributed by atoms with E-state index in [9.17, 15) is 9.59 Å². The number of ether oxygens (including phenoxy) is 1. The molecule has 0 N–H and O–H groups in total. The lowest BCUT2D eigenvalue weighted by molar-refractivity contribution is 0.0307. The van der Waals surface area contributed by atoms with E-state index in [1.807, 2.05) is 78.9 Å². The third kappa shape index (κ3) is 4.89. The first-order valence-corrected chi connectivity index (χ1v) is 12.3. The van der Waals surface area contributed by atoms with Gasteiger partial charge in [0.1, 0.15) is 0 Å². The van der Waals surface area contributed by atoms with E-state index in [1.54, 1.807) is 0 Å². The number of carbonyl (C=O) groups excluding carboxylic acids is 2. The molecule has 174 valence electrons. The van der Waals surface area contributed by atoms with Crippen molar-refractivity contribution in [1.29, 1.82) is 0 Å². The van der Waals surface area contributed by atoms with Gasteiger partial charge in [0.25, 0.3) is 0 Å². The number of hydrogen-bond donors (Lipinski definition) is 0. The Bertz CT molecular complexity index is 1030. The van der Waals surface area contributed by atoms with Crippen LogP contribution in [-0.4, -0.2) is 48.8 Å². The van der Waals surface area contributed by atoms with Crippen LogP contribution in [0.25, 0.3) is 0 Å². The number of Topliss-reactive ketones (excluding diaryl/α,β-unsaturated/α-hetero) is 2. The van der Waals surface area contributed by atoms with Gasteiger partial charge in [-0.15, -0.1) is 0 Å². The number of hydrogen-bond acceptors (Lipinski definition) is 4. The minimum atomic E-state index is -0.308. The topological polar surface area (TPSA) is 46.6 Å². The number of ketones is 2. The molecule has 0 bridgehead atoms. The summed E-state index contributed by atoms with van der Waals surface area (Å²) < 4.78 is 5.92. The van der Waals surface area contributed by atoms with Crippen molar-refractivity contribution in [3.8, 4) is 0 Å². The van der Waals surface area contributed by atoms with Gasteiger partial charge in [0.2, 0.25) is 0 Å². The van der Waals surface area contributed by atoms with E-state index in [2.05, 4.69) is 17.0 Å². The van der Waals surface area contributed by atoms with Crippen molar-refractivity contribution >= 4 is 11.6 Å². The van der Waals surface area contributed by atoms with E-state index < -0.39 is 0 Å². The van der Waals surface area contributed by atoms with Gasteiger partial charge in [-0.2, -0.15) is 0 Å². The monoisotopic (exact) mass is 453 g/mol. The molecule has 4 heteroatoms. The van der Waals surface area contributed by atoms with Crippen molar-refractivity contribution in [2.24, 2.45) is 11.8 Å². The molecule has 3 aromatic rings. The Kier molecular flexibility index (Phi) is 6.98. The lowest BCUT2D eigenvalue weighted by Gasteiger charge is -2.43. The van der Waals surface area contributed by atoms with E-state index in [0.29, 0.717) is 24.2 Å². The molecule has 3 atom stereocenters. The van der Waals surface area contributed by atoms with Gasteiger partial charge in [0, 0.05) is 55.1 Å². The highest BCUT2D eigenvalue weighted by Crippen LogP contribution is 2.41. The summed E-state index contributed by atoms with van der Waals surface area (Å²) in [4.78, 5) is 30.1. The number of piperidine rings is 1. The smallest absolute Gasteiger partial charge is 0.167 e. The largest absolute Gasteiger partial charge is 0.377 e. The highest BCUT2D eigenvalue weighted by Gasteiger charge is 2.45. The minimum absolute atomic E-state index is 0.109. The van der Waals surface area contributed by atoms with Crippen molar-refractivity contribution in [3.63, 3.8) is 0 Å². The number of rotatable bonds is 7. The quantitative estimate of drug-likeness (QED) is 0.458. The molecular weight excluding hydrogens is 422 g/mol. The first kappa shape index (κ1) is 22.7. The molecule has 34 heavy (non-hydrogen) atoms. The summed E-state index contributed by atoms with van der Waals surface area (Å²) in [7, 11) is 0. The highest BCUT2D eigenvalue weighted by atomic mass is 16.5. The molecule has 2 saturated heterocycles.